The molecule has 0 bridgehead atoms. The molecule has 0 spiro atoms. The molecule has 0 saturated heterocycles. The first-order valence-electron chi connectivity index (χ1n) is 5.36. The summed E-state index contributed by atoms with van der Waals surface area (Å²) in [6.07, 6.45) is 2.19. The smallest absolute Gasteiger partial charge is 0.213 e. The predicted molar refractivity (Wildman–Crippen MR) is 64.7 cm³/mol. The zero-order chi connectivity index (χ0) is 12.8. The van der Waals surface area contributed by atoms with Crippen molar-refractivity contribution >= 4 is 6.29 Å². The molecule has 5 nitrogen and oxygen atoms in total. The summed E-state index contributed by atoms with van der Waals surface area (Å²) in [6.45, 7) is 0.319. The second-order valence-corrected chi connectivity index (χ2v) is 3.50. The first-order valence-corrected chi connectivity index (χ1v) is 5.36. The summed E-state index contributed by atoms with van der Waals surface area (Å²) in [5.74, 6) is 1.13. The SMILES string of the molecule is COc1cccc(COc2ccc(C=O)nc2)n1. The normalized spacial score (nSPS) is 9.83. The third-order valence-corrected chi connectivity index (χ3v) is 2.26. The van der Waals surface area contributed by atoms with Crippen LogP contribution < -0.4 is 9.47 Å². The minimum atomic E-state index is 0.319. The molecule has 0 saturated carbocycles. The highest BCUT2D eigenvalue weighted by Crippen LogP contribution is 2.12. The zero-order valence-corrected chi connectivity index (χ0v) is 9.87. The van der Waals surface area contributed by atoms with Crippen molar-refractivity contribution in [3.8, 4) is 11.6 Å². The van der Waals surface area contributed by atoms with Crippen molar-refractivity contribution in [2.24, 2.45) is 0 Å². The van der Waals surface area contributed by atoms with Gasteiger partial charge in [0.05, 0.1) is 19.0 Å². The van der Waals surface area contributed by atoms with E-state index in [9.17, 15) is 4.79 Å². The number of aromatic nitrogens is 2. The monoisotopic (exact) mass is 244 g/mol. The molecule has 0 fully saturated rings. The highest BCUT2D eigenvalue weighted by Gasteiger charge is 2.00. The van der Waals surface area contributed by atoms with Crippen molar-refractivity contribution in [1.82, 2.24) is 9.97 Å². The van der Waals surface area contributed by atoms with Crippen LogP contribution in [0.5, 0.6) is 11.6 Å². The lowest BCUT2D eigenvalue weighted by Crippen LogP contribution is -2.00. The fraction of sp³-hybridized carbons (Fsp3) is 0.154. The lowest BCUT2D eigenvalue weighted by molar-refractivity contribution is 0.111. The minimum Gasteiger partial charge on any atom is -0.486 e. The Morgan fingerprint density at radius 1 is 1.28 bits per heavy atom. The Morgan fingerprint density at radius 2 is 2.17 bits per heavy atom. The van der Waals surface area contributed by atoms with Gasteiger partial charge in [0.15, 0.2) is 6.29 Å². The number of methoxy groups -OCH3 is 1. The zero-order valence-electron chi connectivity index (χ0n) is 9.87. The van der Waals surface area contributed by atoms with Crippen molar-refractivity contribution < 1.29 is 14.3 Å². The van der Waals surface area contributed by atoms with E-state index in [4.69, 9.17) is 9.47 Å². The Labute approximate surface area is 104 Å². The van der Waals surface area contributed by atoms with Crippen molar-refractivity contribution in [2.75, 3.05) is 7.11 Å². The fourth-order valence-corrected chi connectivity index (χ4v) is 1.36. The Balaban J connectivity index is 1.99. The van der Waals surface area contributed by atoms with Crippen LogP contribution in [-0.2, 0) is 6.61 Å². The van der Waals surface area contributed by atoms with Crippen molar-refractivity contribution in [3.05, 3.63) is 47.9 Å². The summed E-state index contributed by atoms with van der Waals surface area (Å²) in [6, 6.07) is 8.75. The Bertz CT molecular complexity index is 526. The number of nitrogens with zero attached hydrogens (tertiary/aromatic N) is 2. The lowest BCUT2D eigenvalue weighted by Gasteiger charge is -2.06. The minimum absolute atomic E-state index is 0.319. The Hall–Kier alpha value is -2.43. The van der Waals surface area contributed by atoms with Gasteiger partial charge < -0.3 is 9.47 Å². The van der Waals surface area contributed by atoms with Crippen LogP contribution in [-0.4, -0.2) is 23.4 Å². The van der Waals surface area contributed by atoms with Gasteiger partial charge in [-0.25, -0.2) is 9.97 Å². The average Bonchev–Trinajstić information content (AvgIpc) is 2.46. The maximum absolute atomic E-state index is 10.4. The summed E-state index contributed by atoms with van der Waals surface area (Å²) >= 11 is 0. The number of hydrogen-bond acceptors (Lipinski definition) is 5. The molecule has 2 rings (SSSR count). The second kappa shape index (κ2) is 5.77. The number of rotatable bonds is 5. The van der Waals surface area contributed by atoms with Gasteiger partial charge in [-0.1, -0.05) is 6.07 Å². The molecule has 2 aromatic rings. The van der Waals surface area contributed by atoms with Crippen LogP contribution >= 0.6 is 0 Å². The maximum Gasteiger partial charge on any atom is 0.213 e. The summed E-state index contributed by atoms with van der Waals surface area (Å²) < 4.78 is 10.5. The van der Waals surface area contributed by atoms with E-state index in [1.807, 2.05) is 12.1 Å². The van der Waals surface area contributed by atoms with Crippen LogP contribution in [0, 0.1) is 0 Å². The molecule has 0 amide bonds. The van der Waals surface area contributed by atoms with E-state index in [0.29, 0.717) is 30.2 Å². The molecule has 0 N–H and O–H groups in total. The fourth-order valence-electron chi connectivity index (χ4n) is 1.36. The standard InChI is InChI=1S/C13H12N2O3/c1-17-13-4-2-3-11(15-13)9-18-12-6-5-10(8-16)14-7-12/h2-8H,9H2,1H3. The Kier molecular flexibility index (Phi) is 3.86. The molecule has 0 atom stereocenters. The third kappa shape index (κ3) is 3.04. The molecular formula is C13H12N2O3. The maximum atomic E-state index is 10.4. The van der Waals surface area contributed by atoms with E-state index in [1.165, 1.54) is 6.20 Å². The van der Waals surface area contributed by atoms with Gasteiger partial charge in [0.25, 0.3) is 0 Å². The number of carbonyl (C=O) groups is 1. The molecular weight excluding hydrogens is 232 g/mol. The van der Waals surface area contributed by atoms with E-state index in [-0.39, 0.29) is 0 Å². The molecule has 18 heavy (non-hydrogen) atoms. The van der Waals surface area contributed by atoms with E-state index in [0.717, 1.165) is 5.69 Å². The second-order valence-electron chi connectivity index (χ2n) is 3.50. The molecule has 0 unspecified atom stereocenters. The van der Waals surface area contributed by atoms with Crippen LogP contribution in [0.3, 0.4) is 0 Å². The van der Waals surface area contributed by atoms with Gasteiger partial charge in [-0.2, -0.15) is 0 Å². The van der Waals surface area contributed by atoms with Crippen LogP contribution in [0.2, 0.25) is 0 Å². The van der Waals surface area contributed by atoms with Gasteiger partial charge in [0.2, 0.25) is 5.88 Å². The largest absolute Gasteiger partial charge is 0.486 e. The number of hydrogen-bond donors (Lipinski definition) is 0. The van der Waals surface area contributed by atoms with Gasteiger partial charge in [0.1, 0.15) is 18.1 Å². The van der Waals surface area contributed by atoms with Crippen LogP contribution in [0.1, 0.15) is 16.2 Å². The average molecular weight is 244 g/mol. The number of ether oxygens (including phenoxy) is 2. The third-order valence-electron chi connectivity index (χ3n) is 2.26. The molecule has 0 aromatic carbocycles. The van der Waals surface area contributed by atoms with Crippen LogP contribution in [0.4, 0.5) is 0 Å². The van der Waals surface area contributed by atoms with E-state index in [2.05, 4.69) is 9.97 Å². The van der Waals surface area contributed by atoms with Gasteiger partial charge in [-0.15, -0.1) is 0 Å². The molecule has 0 aliphatic heterocycles. The highest BCUT2D eigenvalue weighted by molar-refractivity contribution is 5.71. The first-order chi connectivity index (χ1) is 8.81. The quantitative estimate of drug-likeness (QED) is 0.751. The summed E-state index contributed by atoms with van der Waals surface area (Å²) in [5.41, 5.74) is 1.13. The Morgan fingerprint density at radius 3 is 2.83 bits per heavy atom. The summed E-state index contributed by atoms with van der Waals surface area (Å²) in [7, 11) is 1.56. The lowest BCUT2D eigenvalue weighted by atomic mass is 10.3. The van der Waals surface area contributed by atoms with E-state index in [1.54, 1.807) is 25.3 Å². The van der Waals surface area contributed by atoms with Gasteiger partial charge in [-0.3, -0.25) is 4.79 Å². The number of aldehydes is 1. The van der Waals surface area contributed by atoms with Gasteiger partial charge in [0, 0.05) is 6.07 Å². The van der Waals surface area contributed by atoms with Gasteiger partial charge >= 0.3 is 0 Å². The highest BCUT2D eigenvalue weighted by atomic mass is 16.5. The van der Waals surface area contributed by atoms with Crippen molar-refractivity contribution in [3.63, 3.8) is 0 Å². The number of carbonyl (C=O) groups excluding carboxylic acids is 1. The molecule has 5 heteroatoms. The van der Waals surface area contributed by atoms with Crippen LogP contribution in [0.15, 0.2) is 36.5 Å². The van der Waals surface area contributed by atoms with E-state index >= 15 is 0 Å². The predicted octanol–water partition coefficient (Wildman–Crippen LogP) is 1.88. The molecule has 0 radical (unpaired) electrons. The summed E-state index contributed by atoms with van der Waals surface area (Å²) in [5, 5.41) is 0. The topological polar surface area (TPSA) is 61.3 Å². The van der Waals surface area contributed by atoms with Crippen LogP contribution in [0.25, 0.3) is 0 Å². The molecule has 92 valence electrons. The first kappa shape index (κ1) is 12.0. The molecule has 0 aliphatic rings. The van der Waals surface area contributed by atoms with Gasteiger partial charge in [-0.05, 0) is 18.2 Å². The summed E-state index contributed by atoms with van der Waals surface area (Å²) in [4.78, 5) is 18.6. The van der Waals surface area contributed by atoms with E-state index < -0.39 is 0 Å². The number of pyridine rings is 2. The molecule has 2 aromatic heterocycles. The van der Waals surface area contributed by atoms with Crippen molar-refractivity contribution in [2.45, 2.75) is 6.61 Å². The van der Waals surface area contributed by atoms with Crippen molar-refractivity contribution in [1.29, 1.82) is 0 Å². The molecule has 2 heterocycles. The molecule has 0 aliphatic carbocycles.